The number of rotatable bonds is 8. The molecule has 2 amide bonds. The minimum atomic E-state index is -0.244. The van der Waals surface area contributed by atoms with Gasteiger partial charge in [-0.2, -0.15) is 0 Å². The van der Waals surface area contributed by atoms with Gasteiger partial charge < -0.3 is 15.4 Å². The maximum absolute atomic E-state index is 12.8. The van der Waals surface area contributed by atoms with Crippen LogP contribution in [0.1, 0.15) is 33.6 Å². The predicted molar refractivity (Wildman–Crippen MR) is 113 cm³/mol. The summed E-state index contributed by atoms with van der Waals surface area (Å²) in [7, 11) is 0. The quantitative estimate of drug-likeness (QED) is 0.520. The van der Waals surface area contributed by atoms with Gasteiger partial charge in [0.25, 0.3) is 11.8 Å². The smallest absolute Gasteiger partial charge is 0.256 e. The molecule has 28 heavy (non-hydrogen) atoms. The number of amides is 2. The summed E-state index contributed by atoms with van der Waals surface area (Å²) in [6, 6.07) is 14.4. The molecule has 1 aliphatic heterocycles. The Morgan fingerprint density at radius 3 is 2.61 bits per heavy atom. The van der Waals surface area contributed by atoms with Crippen molar-refractivity contribution >= 4 is 29.3 Å². The lowest BCUT2D eigenvalue weighted by Crippen LogP contribution is -2.32. The van der Waals surface area contributed by atoms with Crippen molar-refractivity contribution in [2.75, 3.05) is 24.2 Å². The molecular weight excluding hydrogens is 372 g/mol. The number of hydrogen-bond donors (Lipinski definition) is 2. The Bertz CT molecular complexity index is 847. The third-order valence-electron chi connectivity index (χ3n) is 4.42. The number of ether oxygens (including phenoxy) is 1. The minimum Gasteiger partial charge on any atom is -0.376 e. The van der Waals surface area contributed by atoms with Crippen molar-refractivity contribution < 1.29 is 14.3 Å². The van der Waals surface area contributed by atoms with Crippen LogP contribution >= 0.6 is 11.8 Å². The average molecular weight is 397 g/mol. The molecule has 2 N–H and O–H groups in total. The number of anilines is 1. The van der Waals surface area contributed by atoms with Gasteiger partial charge in [0.1, 0.15) is 0 Å². The third-order valence-corrected chi connectivity index (χ3v) is 5.49. The van der Waals surface area contributed by atoms with Gasteiger partial charge in [-0.25, -0.2) is 0 Å². The van der Waals surface area contributed by atoms with Crippen molar-refractivity contribution in [1.82, 2.24) is 5.32 Å². The fraction of sp³-hybridized carbons (Fsp3) is 0.273. The van der Waals surface area contributed by atoms with Crippen LogP contribution in [-0.2, 0) is 4.74 Å². The molecule has 1 aliphatic rings. The normalized spacial score (nSPS) is 15.8. The van der Waals surface area contributed by atoms with Crippen LogP contribution in [0.4, 0.5) is 5.69 Å². The van der Waals surface area contributed by atoms with Crippen LogP contribution in [0.15, 0.2) is 66.1 Å². The summed E-state index contributed by atoms with van der Waals surface area (Å²) < 4.78 is 5.54. The van der Waals surface area contributed by atoms with Gasteiger partial charge in [0.05, 0.1) is 22.9 Å². The van der Waals surface area contributed by atoms with Crippen LogP contribution in [0.3, 0.4) is 0 Å². The van der Waals surface area contributed by atoms with E-state index in [9.17, 15) is 9.59 Å². The zero-order chi connectivity index (χ0) is 19.8. The number of benzene rings is 2. The second-order valence-corrected chi connectivity index (χ2v) is 7.50. The van der Waals surface area contributed by atoms with E-state index in [2.05, 4.69) is 17.2 Å². The zero-order valence-corrected chi connectivity index (χ0v) is 16.5. The van der Waals surface area contributed by atoms with Crippen LogP contribution in [0.5, 0.6) is 0 Å². The molecule has 0 aromatic heterocycles. The molecular formula is C22H24N2O3S. The highest BCUT2D eigenvalue weighted by molar-refractivity contribution is 7.99. The molecule has 1 atom stereocenters. The number of carbonyl (C=O) groups is 2. The molecule has 2 aromatic carbocycles. The minimum absolute atomic E-state index is 0.0689. The molecule has 0 spiro atoms. The van der Waals surface area contributed by atoms with E-state index in [0.29, 0.717) is 29.1 Å². The Balaban J connectivity index is 1.71. The maximum Gasteiger partial charge on any atom is 0.256 e. The SMILES string of the molecule is C=CCSc1ccccc1C(=O)Nc1ccccc1C(=O)NC[C@H]1CCCO1. The van der Waals surface area contributed by atoms with Crippen LogP contribution in [0.2, 0.25) is 0 Å². The van der Waals surface area contributed by atoms with Gasteiger partial charge in [-0.1, -0.05) is 30.3 Å². The van der Waals surface area contributed by atoms with Gasteiger partial charge in [0.15, 0.2) is 0 Å². The highest BCUT2D eigenvalue weighted by atomic mass is 32.2. The molecule has 3 rings (SSSR count). The lowest BCUT2D eigenvalue weighted by molar-refractivity contribution is 0.0858. The van der Waals surface area contributed by atoms with E-state index in [1.165, 1.54) is 0 Å². The number of carbonyl (C=O) groups excluding carboxylic acids is 2. The molecule has 1 saturated heterocycles. The summed E-state index contributed by atoms with van der Waals surface area (Å²) in [5.74, 6) is 0.249. The Morgan fingerprint density at radius 2 is 1.86 bits per heavy atom. The van der Waals surface area contributed by atoms with Crippen molar-refractivity contribution in [3.8, 4) is 0 Å². The second kappa shape index (κ2) is 10.1. The maximum atomic E-state index is 12.8. The second-order valence-electron chi connectivity index (χ2n) is 6.44. The first-order chi connectivity index (χ1) is 13.7. The van der Waals surface area contributed by atoms with Crippen molar-refractivity contribution in [2.45, 2.75) is 23.8 Å². The van der Waals surface area contributed by atoms with Gasteiger partial charge in [-0.3, -0.25) is 9.59 Å². The Hall–Kier alpha value is -2.57. The first kappa shape index (κ1) is 20.2. The predicted octanol–water partition coefficient (Wildman–Crippen LogP) is 4.13. The van der Waals surface area contributed by atoms with Gasteiger partial charge >= 0.3 is 0 Å². The first-order valence-corrected chi connectivity index (χ1v) is 10.3. The summed E-state index contributed by atoms with van der Waals surface area (Å²) in [6.07, 6.45) is 3.85. The highest BCUT2D eigenvalue weighted by Gasteiger charge is 2.19. The van der Waals surface area contributed by atoms with Crippen molar-refractivity contribution in [3.05, 3.63) is 72.3 Å². The molecule has 0 radical (unpaired) electrons. The van der Waals surface area contributed by atoms with E-state index < -0.39 is 0 Å². The molecule has 1 fully saturated rings. The zero-order valence-electron chi connectivity index (χ0n) is 15.6. The van der Waals surface area contributed by atoms with Crippen LogP contribution in [0, 0.1) is 0 Å². The third kappa shape index (κ3) is 5.24. The van der Waals surface area contributed by atoms with Crippen molar-refractivity contribution in [1.29, 1.82) is 0 Å². The molecule has 0 saturated carbocycles. The van der Waals surface area contributed by atoms with Gasteiger partial charge in [-0.05, 0) is 37.1 Å². The Morgan fingerprint density at radius 1 is 1.11 bits per heavy atom. The number of para-hydroxylation sites is 1. The first-order valence-electron chi connectivity index (χ1n) is 9.32. The molecule has 2 aromatic rings. The largest absolute Gasteiger partial charge is 0.376 e. The molecule has 146 valence electrons. The molecule has 6 heteroatoms. The highest BCUT2D eigenvalue weighted by Crippen LogP contribution is 2.24. The molecule has 1 heterocycles. The van der Waals surface area contributed by atoms with Crippen LogP contribution < -0.4 is 10.6 Å². The molecule has 0 bridgehead atoms. The Labute approximate surface area is 169 Å². The Kier molecular flexibility index (Phi) is 7.28. The van der Waals surface area contributed by atoms with E-state index in [-0.39, 0.29) is 17.9 Å². The fourth-order valence-electron chi connectivity index (χ4n) is 3.02. The van der Waals surface area contributed by atoms with E-state index in [1.54, 1.807) is 48.2 Å². The summed E-state index contributed by atoms with van der Waals surface area (Å²) >= 11 is 1.55. The van der Waals surface area contributed by atoms with Gasteiger partial charge in [-0.15, -0.1) is 18.3 Å². The summed E-state index contributed by atoms with van der Waals surface area (Å²) in [4.78, 5) is 26.3. The monoisotopic (exact) mass is 396 g/mol. The van der Waals surface area contributed by atoms with E-state index in [0.717, 1.165) is 24.3 Å². The average Bonchev–Trinajstić information content (AvgIpc) is 3.24. The standard InChI is InChI=1S/C22H24N2O3S/c1-2-14-28-20-12-6-4-10-18(20)22(26)24-19-11-5-3-9-17(19)21(25)23-15-16-8-7-13-27-16/h2-6,9-12,16H,1,7-8,13-15H2,(H,23,25)(H,24,26)/t16-/m1/s1. The van der Waals surface area contributed by atoms with Crippen molar-refractivity contribution in [2.24, 2.45) is 0 Å². The summed E-state index contributed by atoms with van der Waals surface area (Å²) in [6.45, 7) is 4.94. The molecule has 0 aliphatic carbocycles. The number of hydrogen-bond acceptors (Lipinski definition) is 4. The summed E-state index contributed by atoms with van der Waals surface area (Å²) in [5, 5.41) is 5.79. The lowest BCUT2D eigenvalue weighted by atomic mass is 10.1. The molecule has 5 nitrogen and oxygen atoms in total. The molecule has 0 unspecified atom stereocenters. The van der Waals surface area contributed by atoms with E-state index in [1.807, 2.05) is 18.2 Å². The summed E-state index contributed by atoms with van der Waals surface area (Å²) in [5.41, 5.74) is 1.50. The number of thioether (sulfide) groups is 1. The van der Waals surface area contributed by atoms with Crippen LogP contribution in [-0.4, -0.2) is 36.8 Å². The topological polar surface area (TPSA) is 67.4 Å². The van der Waals surface area contributed by atoms with Crippen LogP contribution in [0.25, 0.3) is 0 Å². The lowest BCUT2D eigenvalue weighted by Gasteiger charge is -2.14. The van der Waals surface area contributed by atoms with Crippen molar-refractivity contribution in [3.63, 3.8) is 0 Å². The van der Waals surface area contributed by atoms with E-state index in [4.69, 9.17) is 4.74 Å². The van der Waals surface area contributed by atoms with E-state index >= 15 is 0 Å². The van der Waals surface area contributed by atoms with Gasteiger partial charge in [0, 0.05) is 23.8 Å². The number of nitrogens with one attached hydrogen (secondary N) is 2. The fourth-order valence-corrected chi connectivity index (χ4v) is 3.80. The van der Waals surface area contributed by atoms with Gasteiger partial charge in [0.2, 0.25) is 0 Å².